The molecule has 3 heterocycles. The fraction of sp³-hybridized carbons (Fsp3) is 0.733. The lowest BCUT2D eigenvalue weighted by Crippen LogP contribution is -2.21. The maximum absolute atomic E-state index is 5.94. The normalized spacial score (nSPS) is 29.8. The average molecular weight is 261 g/mol. The van der Waals surface area contributed by atoms with Crippen molar-refractivity contribution in [2.45, 2.75) is 63.6 Å². The summed E-state index contributed by atoms with van der Waals surface area (Å²) < 4.78 is 5.94. The van der Waals surface area contributed by atoms with Crippen LogP contribution in [0.1, 0.15) is 57.5 Å². The number of hydrogen-bond donors (Lipinski definition) is 1. The van der Waals surface area contributed by atoms with Gasteiger partial charge in [0, 0.05) is 24.4 Å². The zero-order valence-electron chi connectivity index (χ0n) is 12.2. The molecule has 2 saturated heterocycles. The molecule has 0 aromatic carbocycles. The van der Waals surface area contributed by atoms with E-state index in [1.807, 2.05) is 7.05 Å². The van der Waals surface area contributed by atoms with Gasteiger partial charge < -0.3 is 10.1 Å². The van der Waals surface area contributed by atoms with Crippen LogP contribution in [0.4, 0.5) is 5.82 Å². The molecule has 4 nitrogen and oxygen atoms in total. The number of hydrogen-bond acceptors (Lipinski definition) is 4. The maximum atomic E-state index is 5.94. The van der Waals surface area contributed by atoms with Crippen LogP contribution >= 0.6 is 0 Å². The summed E-state index contributed by atoms with van der Waals surface area (Å²) in [4.78, 5) is 9.49. The molecular weight excluding hydrogens is 238 g/mol. The highest BCUT2D eigenvalue weighted by Crippen LogP contribution is 2.43. The Labute approximate surface area is 115 Å². The molecule has 2 aliphatic rings. The summed E-state index contributed by atoms with van der Waals surface area (Å²) >= 11 is 0. The number of aromatic nitrogens is 2. The molecule has 19 heavy (non-hydrogen) atoms. The van der Waals surface area contributed by atoms with E-state index in [1.54, 1.807) is 0 Å². The van der Waals surface area contributed by atoms with Crippen molar-refractivity contribution in [2.75, 3.05) is 12.4 Å². The second-order valence-corrected chi connectivity index (χ2v) is 6.71. The summed E-state index contributed by atoms with van der Waals surface area (Å²) in [6.45, 7) is 6.57. The van der Waals surface area contributed by atoms with E-state index >= 15 is 0 Å². The molecule has 1 N–H and O–H groups in total. The van der Waals surface area contributed by atoms with Gasteiger partial charge >= 0.3 is 0 Å². The highest BCUT2D eigenvalue weighted by molar-refractivity contribution is 5.38. The summed E-state index contributed by atoms with van der Waals surface area (Å²) in [5.74, 6) is 2.26. The molecular formula is C15H23N3O. The average Bonchev–Trinajstić information content (AvgIpc) is 2.99. The molecule has 3 atom stereocenters. The van der Waals surface area contributed by atoms with Crippen molar-refractivity contribution in [1.82, 2.24) is 9.97 Å². The molecule has 0 aliphatic carbocycles. The van der Waals surface area contributed by atoms with Crippen molar-refractivity contribution in [1.29, 1.82) is 0 Å². The molecule has 2 fully saturated rings. The van der Waals surface area contributed by atoms with Gasteiger partial charge in [-0.1, -0.05) is 20.8 Å². The van der Waals surface area contributed by atoms with E-state index in [2.05, 4.69) is 37.1 Å². The van der Waals surface area contributed by atoms with E-state index in [9.17, 15) is 0 Å². The van der Waals surface area contributed by atoms with E-state index in [1.165, 1.54) is 6.42 Å². The van der Waals surface area contributed by atoms with Gasteiger partial charge in [-0.25, -0.2) is 9.97 Å². The number of ether oxygens (including phenoxy) is 1. The molecule has 104 valence electrons. The third-order valence-electron chi connectivity index (χ3n) is 4.21. The first-order valence-electron chi connectivity index (χ1n) is 7.20. The first-order chi connectivity index (χ1) is 8.97. The summed E-state index contributed by atoms with van der Waals surface area (Å²) in [5.41, 5.74) is 1.14. The van der Waals surface area contributed by atoms with E-state index in [-0.39, 0.29) is 5.41 Å². The first kappa shape index (κ1) is 12.9. The van der Waals surface area contributed by atoms with Gasteiger partial charge in [0.2, 0.25) is 0 Å². The van der Waals surface area contributed by atoms with Crippen molar-refractivity contribution in [2.24, 2.45) is 0 Å². The lowest BCUT2D eigenvalue weighted by Gasteiger charge is -2.23. The fourth-order valence-electron chi connectivity index (χ4n) is 3.05. The zero-order valence-corrected chi connectivity index (χ0v) is 12.2. The third-order valence-corrected chi connectivity index (χ3v) is 4.21. The van der Waals surface area contributed by atoms with E-state index in [0.717, 1.165) is 30.2 Å². The van der Waals surface area contributed by atoms with E-state index < -0.39 is 0 Å². The van der Waals surface area contributed by atoms with Crippen LogP contribution < -0.4 is 5.32 Å². The molecule has 0 amide bonds. The number of nitrogens with one attached hydrogen (secondary N) is 1. The van der Waals surface area contributed by atoms with Gasteiger partial charge in [0.1, 0.15) is 11.6 Å². The molecule has 1 aromatic rings. The maximum Gasteiger partial charge on any atom is 0.136 e. The molecule has 0 radical (unpaired) electrons. The van der Waals surface area contributed by atoms with Crippen molar-refractivity contribution >= 4 is 5.82 Å². The number of anilines is 1. The highest BCUT2D eigenvalue weighted by Gasteiger charge is 2.43. The van der Waals surface area contributed by atoms with Crippen LogP contribution in [0.2, 0.25) is 0 Å². The van der Waals surface area contributed by atoms with Gasteiger partial charge in [-0.3, -0.25) is 0 Å². The lowest BCUT2D eigenvalue weighted by molar-refractivity contribution is 0.0998. The van der Waals surface area contributed by atoms with Crippen molar-refractivity contribution in [3.05, 3.63) is 17.6 Å². The summed E-state index contributed by atoms with van der Waals surface area (Å²) in [6.07, 6.45) is 4.23. The lowest BCUT2D eigenvalue weighted by atomic mass is 9.87. The van der Waals surface area contributed by atoms with Crippen LogP contribution in [-0.4, -0.2) is 29.2 Å². The van der Waals surface area contributed by atoms with Crippen LogP contribution in [0.25, 0.3) is 0 Å². The number of nitrogens with zero attached hydrogens (tertiary/aromatic N) is 2. The van der Waals surface area contributed by atoms with Gasteiger partial charge in [0.15, 0.2) is 0 Å². The van der Waals surface area contributed by atoms with E-state index in [0.29, 0.717) is 18.1 Å². The third kappa shape index (κ3) is 2.34. The summed E-state index contributed by atoms with van der Waals surface area (Å²) in [5, 5.41) is 3.16. The Balaban J connectivity index is 1.97. The molecule has 2 bridgehead atoms. The van der Waals surface area contributed by atoms with Crippen LogP contribution in [0.3, 0.4) is 0 Å². The van der Waals surface area contributed by atoms with Gasteiger partial charge in [0.25, 0.3) is 0 Å². The van der Waals surface area contributed by atoms with Gasteiger partial charge in [-0.15, -0.1) is 0 Å². The highest BCUT2D eigenvalue weighted by atomic mass is 16.5. The van der Waals surface area contributed by atoms with E-state index in [4.69, 9.17) is 9.72 Å². The Morgan fingerprint density at radius 2 is 2.05 bits per heavy atom. The second kappa shape index (κ2) is 4.44. The van der Waals surface area contributed by atoms with Gasteiger partial charge in [0.05, 0.1) is 17.9 Å². The van der Waals surface area contributed by atoms with Gasteiger partial charge in [-0.2, -0.15) is 0 Å². The smallest absolute Gasteiger partial charge is 0.136 e. The quantitative estimate of drug-likeness (QED) is 0.889. The Morgan fingerprint density at radius 1 is 1.26 bits per heavy atom. The largest absolute Gasteiger partial charge is 0.374 e. The SMILES string of the molecule is CNc1cc(C(C)(C)C)nc(C2CC3CCC2O3)n1. The Bertz CT molecular complexity index is 481. The minimum atomic E-state index is 0.0434. The molecule has 1 aromatic heterocycles. The molecule has 4 heteroatoms. The van der Waals surface area contributed by atoms with Crippen LogP contribution in [0.5, 0.6) is 0 Å². The van der Waals surface area contributed by atoms with Crippen molar-refractivity contribution in [3.63, 3.8) is 0 Å². The predicted molar refractivity (Wildman–Crippen MR) is 75.5 cm³/mol. The van der Waals surface area contributed by atoms with Crippen molar-refractivity contribution in [3.8, 4) is 0 Å². The molecule has 0 saturated carbocycles. The Hall–Kier alpha value is -1.16. The summed E-state index contributed by atoms with van der Waals surface area (Å²) in [7, 11) is 1.91. The number of rotatable bonds is 2. The predicted octanol–water partition coefficient (Wildman–Crippen LogP) is 2.85. The van der Waals surface area contributed by atoms with Crippen LogP contribution in [0, 0.1) is 0 Å². The first-order valence-corrected chi connectivity index (χ1v) is 7.20. The minimum absolute atomic E-state index is 0.0434. The monoisotopic (exact) mass is 261 g/mol. The minimum Gasteiger partial charge on any atom is -0.374 e. The molecule has 0 spiro atoms. The van der Waals surface area contributed by atoms with Crippen LogP contribution in [-0.2, 0) is 10.2 Å². The zero-order chi connectivity index (χ0) is 13.6. The topological polar surface area (TPSA) is 47.0 Å². The van der Waals surface area contributed by atoms with Crippen molar-refractivity contribution < 1.29 is 4.74 Å². The standard InChI is InChI=1S/C15H23N3O/c1-15(2,3)12-8-13(16-4)18-14(17-12)10-7-9-5-6-11(10)19-9/h8-11H,5-7H2,1-4H3,(H,16,17,18). The van der Waals surface area contributed by atoms with Gasteiger partial charge in [-0.05, 0) is 19.3 Å². The van der Waals surface area contributed by atoms with Crippen LogP contribution in [0.15, 0.2) is 6.07 Å². The Kier molecular flexibility index (Phi) is 3.01. The Morgan fingerprint density at radius 3 is 2.58 bits per heavy atom. The number of fused-ring (bicyclic) bond motifs is 2. The second-order valence-electron chi connectivity index (χ2n) is 6.71. The molecule has 3 rings (SSSR count). The molecule has 3 unspecified atom stereocenters. The fourth-order valence-corrected chi connectivity index (χ4v) is 3.05. The summed E-state index contributed by atoms with van der Waals surface area (Å²) in [6, 6.07) is 2.05. The molecule has 2 aliphatic heterocycles.